The van der Waals surface area contributed by atoms with Crippen molar-refractivity contribution in [2.45, 2.75) is 25.2 Å². The largest absolute Gasteiger partial charge is 0.478 e. The van der Waals surface area contributed by atoms with Crippen LogP contribution in [0.2, 0.25) is 0 Å². The Morgan fingerprint density at radius 1 is 1.38 bits per heavy atom. The molecule has 1 N–H and O–H groups in total. The summed E-state index contributed by atoms with van der Waals surface area (Å²) in [5.41, 5.74) is 0.585. The second kappa shape index (κ2) is 4.65. The van der Waals surface area contributed by atoms with E-state index in [0.717, 1.165) is 0 Å². The van der Waals surface area contributed by atoms with Crippen LogP contribution >= 0.6 is 0 Å². The summed E-state index contributed by atoms with van der Waals surface area (Å²) in [6.45, 7) is 3.40. The molecule has 0 amide bonds. The van der Waals surface area contributed by atoms with Gasteiger partial charge in [-0.3, -0.25) is 0 Å². The van der Waals surface area contributed by atoms with Gasteiger partial charge in [0.25, 0.3) is 0 Å². The molecule has 1 aromatic carbocycles. The molecule has 0 radical (unpaired) electrons. The summed E-state index contributed by atoms with van der Waals surface area (Å²) in [5.74, 6) is -0.970. The number of hydrogen-bond acceptors (Lipinski definition) is 3. The number of aryl methyl sites for hydroxylation is 1. The van der Waals surface area contributed by atoms with E-state index in [2.05, 4.69) is 0 Å². The first kappa shape index (κ1) is 12.7. The van der Waals surface area contributed by atoms with Gasteiger partial charge < -0.3 is 5.11 Å². The zero-order valence-electron chi connectivity index (χ0n) is 9.23. The smallest absolute Gasteiger partial charge is 0.335 e. The van der Waals surface area contributed by atoms with E-state index in [0.29, 0.717) is 12.0 Å². The Bertz CT molecular complexity index is 503. The molecule has 0 aromatic heterocycles. The number of carboxylic acid groups (broad SMARTS) is 1. The number of hydrogen-bond donors (Lipinski definition) is 1. The van der Waals surface area contributed by atoms with Gasteiger partial charge in [0, 0.05) is 0 Å². The second-order valence-corrected chi connectivity index (χ2v) is 5.68. The molecule has 1 rings (SSSR count). The SMILES string of the molecule is CCCS(=O)(=O)c1ccc(C(=O)O)cc1C. The highest BCUT2D eigenvalue weighted by Crippen LogP contribution is 2.18. The first-order chi connectivity index (χ1) is 7.38. The lowest BCUT2D eigenvalue weighted by Crippen LogP contribution is -2.08. The highest BCUT2D eigenvalue weighted by Gasteiger charge is 2.17. The van der Waals surface area contributed by atoms with E-state index in [1.807, 2.05) is 0 Å². The lowest BCUT2D eigenvalue weighted by molar-refractivity contribution is 0.0696. The average molecular weight is 242 g/mol. The molecular formula is C11H14O4S. The van der Waals surface area contributed by atoms with Crippen molar-refractivity contribution in [3.05, 3.63) is 29.3 Å². The molecule has 0 saturated heterocycles. The quantitative estimate of drug-likeness (QED) is 0.875. The van der Waals surface area contributed by atoms with E-state index in [1.54, 1.807) is 13.8 Å². The van der Waals surface area contributed by atoms with E-state index in [-0.39, 0.29) is 16.2 Å². The molecule has 1 aromatic rings. The van der Waals surface area contributed by atoms with Crippen molar-refractivity contribution in [1.82, 2.24) is 0 Å². The normalized spacial score (nSPS) is 11.4. The Hall–Kier alpha value is -1.36. The zero-order valence-corrected chi connectivity index (χ0v) is 10.0. The summed E-state index contributed by atoms with van der Waals surface area (Å²) in [6, 6.07) is 4.06. The molecule has 16 heavy (non-hydrogen) atoms. The predicted octanol–water partition coefficient (Wildman–Crippen LogP) is 1.88. The summed E-state index contributed by atoms with van der Waals surface area (Å²) in [6.07, 6.45) is 0.544. The molecule has 4 nitrogen and oxygen atoms in total. The van der Waals surface area contributed by atoms with Gasteiger partial charge in [0.05, 0.1) is 16.2 Å². The Morgan fingerprint density at radius 3 is 2.44 bits per heavy atom. The lowest BCUT2D eigenvalue weighted by atomic mass is 10.1. The lowest BCUT2D eigenvalue weighted by Gasteiger charge is -2.07. The molecule has 0 aliphatic rings. The molecule has 0 aliphatic carbocycles. The summed E-state index contributed by atoms with van der Waals surface area (Å²) in [7, 11) is -3.28. The molecule has 0 heterocycles. The maximum Gasteiger partial charge on any atom is 0.335 e. The number of carboxylic acids is 1. The Kier molecular flexibility index (Phi) is 3.70. The van der Waals surface area contributed by atoms with Crippen molar-refractivity contribution in [2.75, 3.05) is 5.75 Å². The Balaban J connectivity index is 3.23. The van der Waals surface area contributed by atoms with Gasteiger partial charge in [-0.2, -0.15) is 0 Å². The van der Waals surface area contributed by atoms with Gasteiger partial charge >= 0.3 is 5.97 Å². The zero-order chi connectivity index (χ0) is 12.3. The minimum Gasteiger partial charge on any atom is -0.478 e. The van der Waals surface area contributed by atoms with Crippen LogP contribution in [0.5, 0.6) is 0 Å². The highest BCUT2D eigenvalue weighted by molar-refractivity contribution is 7.91. The van der Waals surface area contributed by atoms with Crippen LogP contribution in [0.3, 0.4) is 0 Å². The number of benzene rings is 1. The van der Waals surface area contributed by atoms with Crippen molar-refractivity contribution in [2.24, 2.45) is 0 Å². The fourth-order valence-corrected chi connectivity index (χ4v) is 3.09. The first-order valence-electron chi connectivity index (χ1n) is 4.95. The van der Waals surface area contributed by atoms with Gasteiger partial charge in [0.1, 0.15) is 0 Å². The number of rotatable bonds is 4. The standard InChI is InChI=1S/C11H14O4S/c1-3-6-16(14,15)10-5-4-9(11(12)13)7-8(10)2/h4-5,7H,3,6H2,1-2H3,(H,12,13). The van der Waals surface area contributed by atoms with Crippen molar-refractivity contribution >= 4 is 15.8 Å². The highest BCUT2D eigenvalue weighted by atomic mass is 32.2. The van der Waals surface area contributed by atoms with Crippen molar-refractivity contribution in [3.63, 3.8) is 0 Å². The molecule has 0 unspecified atom stereocenters. The second-order valence-electron chi connectivity index (χ2n) is 3.60. The van der Waals surface area contributed by atoms with Crippen LogP contribution in [0, 0.1) is 6.92 Å². The van der Waals surface area contributed by atoms with Crippen LogP contribution < -0.4 is 0 Å². The van der Waals surface area contributed by atoms with E-state index >= 15 is 0 Å². The molecular weight excluding hydrogens is 228 g/mol. The summed E-state index contributed by atoms with van der Waals surface area (Å²) in [5, 5.41) is 8.76. The van der Waals surface area contributed by atoms with Crippen LogP contribution in [-0.2, 0) is 9.84 Å². The third-order valence-corrected chi connectivity index (χ3v) is 4.30. The molecule has 0 bridgehead atoms. The van der Waals surface area contributed by atoms with Crippen molar-refractivity contribution < 1.29 is 18.3 Å². The molecule has 5 heteroatoms. The van der Waals surface area contributed by atoms with E-state index < -0.39 is 15.8 Å². The van der Waals surface area contributed by atoms with Crippen molar-refractivity contribution in [3.8, 4) is 0 Å². The van der Waals surface area contributed by atoms with Crippen molar-refractivity contribution in [1.29, 1.82) is 0 Å². The minimum absolute atomic E-state index is 0.0836. The molecule has 0 aliphatic heterocycles. The predicted molar refractivity (Wildman–Crippen MR) is 60.5 cm³/mol. The average Bonchev–Trinajstić information content (AvgIpc) is 2.16. The molecule has 0 fully saturated rings. The van der Waals surface area contributed by atoms with E-state index in [1.165, 1.54) is 18.2 Å². The third-order valence-electron chi connectivity index (χ3n) is 2.23. The Morgan fingerprint density at radius 2 is 2.00 bits per heavy atom. The van der Waals surface area contributed by atoms with Gasteiger partial charge in [-0.25, -0.2) is 13.2 Å². The summed E-state index contributed by atoms with van der Waals surface area (Å²) in [4.78, 5) is 10.9. The number of carbonyl (C=O) groups is 1. The van der Waals surface area contributed by atoms with Gasteiger partial charge in [-0.05, 0) is 37.1 Å². The topological polar surface area (TPSA) is 71.4 Å². The van der Waals surface area contributed by atoms with Gasteiger partial charge in [0.2, 0.25) is 0 Å². The van der Waals surface area contributed by atoms with Crippen LogP contribution in [0.15, 0.2) is 23.1 Å². The Labute approximate surface area is 94.8 Å². The minimum atomic E-state index is -3.28. The molecule has 0 saturated carbocycles. The van der Waals surface area contributed by atoms with Gasteiger partial charge in [-0.15, -0.1) is 0 Å². The van der Waals surface area contributed by atoms with Gasteiger partial charge in [-0.1, -0.05) is 6.92 Å². The number of sulfone groups is 1. The van der Waals surface area contributed by atoms with Gasteiger partial charge in [0.15, 0.2) is 9.84 Å². The van der Waals surface area contributed by atoms with Crippen LogP contribution in [0.1, 0.15) is 29.3 Å². The molecule has 0 spiro atoms. The fourth-order valence-electron chi connectivity index (χ4n) is 1.51. The molecule has 88 valence electrons. The summed E-state index contributed by atoms with van der Waals surface area (Å²) < 4.78 is 23.6. The van der Waals surface area contributed by atoms with Crippen LogP contribution in [0.4, 0.5) is 0 Å². The third kappa shape index (κ3) is 2.61. The maximum absolute atomic E-state index is 11.8. The molecule has 0 atom stereocenters. The number of aromatic carboxylic acids is 1. The van der Waals surface area contributed by atoms with E-state index in [9.17, 15) is 13.2 Å². The first-order valence-corrected chi connectivity index (χ1v) is 6.60. The van der Waals surface area contributed by atoms with Crippen LogP contribution in [-0.4, -0.2) is 25.2 Å². The van der Waals surface area contributed by atoms with Crippen LogP contribution in [0.25, 0.3) is 0 Å². The fraction of sp³-hybridized carbons (Fsp3) is 0.364. The maximum atomic E-state index is 11.8. The monoisotopic (exact) mass is 242 g/mol. The summed E-state index contributed by atoms with van der Waals surface area (Å²) >= 11 is 0. The van der Waals surface area contributed by atoms with E-state index in [4.69, 9.17) is 5.11 Å².